The van der Waals surface area contributed by atoms with Gasteiger partial charge in [-0.05, 0) is 25.0 Å². The van der Waals surface area contributed by atoms with Crippen LogP contribution in [0, 0.1) is 6.92 Å². The smallest absolute Gasteiger partial charge is 0.244 e. The zero-order valence-corrected chi connectivity index (χ0v) is 11.6. The van der Waals surface area contributed by atoms with Gasteiger partial charge in [0.2, 0.25) is 11.8 Å². The van der Waals surface area contributed by atoms with Gasteiger partial charge in [-0.1, -0.05) is 23.4 Å². The maximum absolute atomic E-state index is 12.0. The average Bonchev–Trinajstić information content (AvgIpc) is 3.06. The molecule has 4 N–H and O–H groups in total. The number of hydrogen-bond acceptors (Lipinski definition) is 4. The molecule has 0 fully saturated rings. The number of nitrogens with two attached hydrogens (primary N) is 1. The maximum Gasteiger partial charge on any atom is 0.244 e. The van der Waals surface area contributed by atoms with Crippen LogP contribution in [0.5, 0.6) is 0 Å². The van der Waals surface area contributed by atoms with Gasteiger partial charge in [0, 0.05) is 23.2 Å². The number of carbonyl (C=O) groups excluding carboxylic acids is 1. The monoisotopic (exact) mass is 284 g/mol. The molecule has 3 rings (SSSR count). The highest BCUT2D eigenvalue weighted by atomic mass is 16.5. The van der Waals surface area contributed by atoms with E-state index >= 15 is 0 Å². The number of rotatable bonds is 4. The number of fused-ring (bicyclic) bond motifs is 1. The van der Waals surface area contributed by atoms with Crippen molar-refractivity contribution in [2.24, 2.45) is 5.73 Å². The number of anilines is 1. The van der Waals surface area contributed by atoms with Gasteiger partial charge in [0.15, 0.2) is 0 Å². The van der Waals surface area contributed by atoms with Crippen molar-refractivity contribution in [1.29, 1.82) is 0 Å². The minimum Gasteiger partial charge on any atom is -0.361 e. The summed E-state index contributed by atoms with van der Waals surface area (Å²) in [6, 6.07) is 8.91. The number of benzene rings is 1. The first-order valence-corrected chi connectivity index (χ1v) is 6.68. The highest BCUT2D eigenvalue weighted by Gasteiger charge is 2.17. The first kappa shape index (κ1) is 13.4. The fourth-order valence-electron chi connectivity index (χ4n) is 2.27. The highest BCUT2D eigenvalue weighted by Crippen LogP contribution is 2.19. The lowest BCUT2D eigenvalue weighted by atomic mass is 10.1. The average molecular weight is 284 g/mol. The Balaban J connectivity index is 1.70. The Kier molecular flexibility index (Phi) is 3.45. The molecule has 1 aromatic carbocycles. The van der Waals surface area contributed by atoms with E-state index in [1.165, 1.54) is 0 Å². The third kappa shape index (κ3) is 2.80. The third-order valence-corrected chi connectivity index (χ3v) is 3.33. The molecule has 0 aliphatic carbocycles. The van der Waals surface area contributed by atoms with Crippen molar-refractivity contribution in [3.63, 3.8) is 0 Å². The van der Waals surface area contributed by atoms with E-state index in [2.05, 4.69) is 15.5 Å². The second-order valence-corrected chi connectivity index (χ2v) is 4.99. The normalized spacial score (nSPS) is 12.5. The second-order valence-electron chi connectivity index (χ2n) is 4.99. The molecule has 0 spiro atoms. The molecule has 0 aliphatic heterocycles. The summed E-state index contributed by atoms with van der Waals surface area (Å²) in [6.07, 6.45) is 2.33. The predicted octanol–water partition coefficient (Wildman–Crippen LogP) is 1.97. The molecule has 0 saturated carbocycles. The number of aromatic nitrogens is 2. The topological polar surface area (TPSA) is 96.9 Å². The Morgan fingerprint density at radius 3 is 3.05 bits per heavy atom. The van der Waals surface area contributed by atoms with E-state index in [-0.39, 0.29) is 5.91 Å². The van der Waals surface area contributed by atoms with Crippen molar-refractivity contribution in [2.75, 3.05) is 5.32 Å². The van der Waals surface area contributed by atoms with E-state index in [9.17, 15) is 4.79 Å². The molecular formula is C15H16N4O2. The van der Waals surface area contributed by atoms with Gasteiger partial charge in [0.25, 0.3) is 0 Å². The third-order valence-electron chi connectivity index (χ3n) is 3.33. The predicted molar refractivity (Wildman–Crippen MR) is 79.8 cm³/mol. The van der Waals surface area contributed by atoms with Crippen LogP contribution in [0.4, 0.5) is 5.88 Å². The van der Waals surface area contributed by atoms with Crippen LogP contribution < -0.4 is 11.1 Å². The van der Waals surface area contributed by atoms with Crippen molar-refractivity contribution in [1.82, 2.24) is 10.1 Å². The number of nitrogens with zero attached hydrogens (tertiary/aromatic N) is 1. The fourth-order valence-corrected chi connectivity index (χ4v) is 2.27. The molecule has 1 atom stereocenters. The molecule has 6 nitrogen and oxygen atoms in total. The van der Waals surface area contributed by atoms with Gasteiger partial charge >= 0.3 is 0 Å². The Bertz CT molecular complexity index is 775. The van der Waals surface area contributed by atoms with E-state index in [4.69, 9.17) is 10.3 Å². The van der Waals surface area contributed by atoms with Crippen LogP contribution in [0.25, 0.3) is 10.9 Å². The molecule has 0 aliphatic rings. The van der Waals surface area contributed by atoms with E-state index in [1.807, 2.05) is 30.5 Å². The molecule has 0 unspecified atom stereocenters. The van der Waals surface area contributed by atoms with Crippen LogP contribution in [-0.2, 0) is 11.2 Å². The van der Waals surface area contributed by atoms with Crippen LogP contribution in [0.15, 0.2) is 41.1 Å². The van der Waals surface area contributed by atoms with Crippen LogP contribution in [-0.4, -0.2) is 22.1 Å². The second kappa shape index (κ2) is 5.41. The quantitative estimate of drug-likeness (QED) is 0.682. The standard InChI is InChI=1S/C15H16N4O2/c1-9-6-14(21-19-9)18-15(20)12(16)7-10-8-17-13-5-3-2-4-11(10)13/h2-6,8,12,17H,7,16H2,1H3,(H,18,20)/t12-/m1/s1. The number of hydrogen-bond donors (Lipinski definition) is 3. The summed E-state index contributed by atoms with van der Waals surface area (Å²) in [5.41, 5.74) is 8.72. The van der Waals surface area contributed by atoms with Gasteiger partial charge < -0.3 is 15.2 Å². The highest BCUT2D eigenvalue weighted by molar-refractivity contribution is 5.94. The van der Waals surface area contributed by atoms with Gasteiger partial charge in [0.1, 0.15) is 0 Å². The van der Waals surface area contributed by atoms with Crippen LogP contribution in [0.2, 0.25) is 0 Å². The Morgan fingerprint density at radius 2 is 2.29 bits per heavy atom. The van der Waals surface area contributed by atoms with Crippen molar-refractivity contribution in [2.45, 2.75) is 19.4 Å². The molecule has 0 saturated heterocycles. The number of para-hydroxylation sites is 1. The lowest BCUT2D eigenvalue weighted by Crippen LogP contribution is -2.37. The SMILES string of the molecule is Cc1cc(NC(=O)[C@H](N)Cc2c[nH]c3ccccc23)on1. The van der Waals surface area contributed by atoms with Crippen LogP contribution in [0.3, 0.4) is 0 Å². The van der Waals surface area contributed by atoms with Crippen molar-refractivity contribution in [3.05, 3.63) is 47.8 Å². The lowest BCUT2D eigenvalue weighted by Gasteiger charge is -2.09. The molecule has 6 heteroatoms. The molecule has 21 heavy (non-hydrogen) atoms. The number of aryl methyl sites for hydroxylation is 1. The minimum absolute atomic E-state index is 0.295. The summed E-state index contributed by atoms with van der Waals surface area (Å²) in [6.45, 7) is 1.78. The van der Waals surface area contributed by atoms with E-state index in [1.54, 1.807) is 13.0 Å². The number of nitrogens with one attached hydrogen (secondary N) is 2. The summed E-state index contributed by atoms with van der Waals surface area (Å²) >= 11 is 0. The first-order valence-electron chi connectivity index (χ1n) is 6.68. The Morgan fingerprint density at radius 1 is 1.48 bits per heavy atom. The van der Waals surface area contributed by atoms with Gasteiger partial charge in [0.05, 0.1) is 11.7 Å². The Labute approximate surface area is 121 Å². The van der Waals surface area contributed by atoms with E-state index in [0.29, 0.717) is 18.0 Å². The summed E-state index contributed by atoms with van der Waals surface area (Å²) in [7, 11) is 0. The van der Waals surface area contributed by atoms with Gasteiger partial charge in [-0.2, -0.15) is 0 Å². The number of carbonyl (C=O) groups is 1. The molecule has 0 bridgehead atoms. The zero-order chi connectivity index (χ0) is 14.8. The van der Waals surface area contributed by atoms with Gasteiger partial charge in [-0.15, -0.1) is 0 Å². The van der Waals surface area contributed by atoms with Crippen LogP contribution in [0.1, 0.15) is 11.3 Å². The largest absolute Gasteiger partial charge is 0.361 e. The summed E-state index contributed by atoms with van der Waals surface area (Å²) in [4.78, 5) is 15.2. The number of H-pyrrole nitrogens is 1. The molecule has 2 aromatic heterocycles. The Hall–Kier alpha value is -2.60. The van der Waals surface area contributed by atoms with Crippen molar-refractivity contribution >= 4 is 22.7 Å². The fraction of sp³-hybridized carbons (Fsp3) is 0.200. The van der Waals surface area contributed by atoms with E-state index < -0.39 is 6.04 Å². The lowest BCUT2D eigenvalue weighted by molar-refractivity contribution is -0.117. The maximum atomic E-state index is 12.0. The molecule has 2 heterocycles. The molecule has 1 amide bonds. The van der Waals surface area contributed by atoms with Crippen molar-refractivity contribution in [3.8, 4) is 0 Å². The first-order chi connectivity index (χ1) is 10.1. The molecule has 0 radical (unpaired) electrons. The van der Waals surface area contributed by atoms with Gasteiger partial charge in [-0.25, -0.2) is 0 Å². The minimum atomic E-state index is -0.658. The molecule has 3 aromatic rings. The number of aromatic amines is 1. The van der Waals surface area contributed by atoms with Crippen molar-refractivity contribution < 1.29 is 9.32 Å². The van der Waals surface area contributed by atoms with Crippen LogP contribution >= 0.6 is 0 Å². The van der Waals surface area contributed by atoms with Gasteiger partial charge in [-0.3, -0.25) is 10.1 Å². The summed E-state index contributed by atoms with van der Waals surface area (Å²) < 4.78 is 4.95. The van der Waals surface area contributed by atoms with E-state index in [0.717, 1.165) is 16.5 Å². The summed E-state index contributed by atoms with van der Waals surface area (Å²) in [5.74, 6) is 0.0170. The zero-order valence-electron chi connectivity index (χ0n) is 11.6. The molecule has 108 valence electrons. The summed E-state index contributed by atoms with van der Waals surface area (Å²) in [5, 5.41) is 7.41. The molecular weight excluding hydrogens is 268 g/mol. The number of amides is 1.